The zero-order valence-electron chi connectivity index (χ0n) is 17.6. The van der Waals surface area contributed by atoms with Crippen LogP contribution in [0.1, 0.15) is 28.9 Å². The second-order valence-corrected chi connectivity index (χ2v) is 7.20. The van der Waals surface area contributed by atoms with Crippen molar-refractivity contribution in [1.82, 2.24) is 19.8 Å². The Balaban J connectivity index is 1.82. The molecule has 1 unspecified atom stereocenters. The number of rotatable bonds is 7. The Kier molecular flexibility index (Phi) is 6.37. The highest BCUT2D eigenvalue weighted by Crippen LogP contribution is 2.21. The Morgan fingerprint density at radius 2 is 1.87 bits per heavy atom. The molecule has 3 aromatic rings. The molecule has 0 spiro atoms. The van der Waals surface area contributed by atoms with Gasteiger partial charge >= 0.3 is 11.1 Å². The van der Waals surface area contributed by atoms with Crippen molar-refractivity contribution in [1.29, 1.82) is 0 Å². The maximum atomic E-state index is 12.7. The van der Waals surface area contributed by atoms with Gasteiger partial charge in [-0.25, -0.2) is 0 Å². The molecule has 1 atom stereocenters. The van der Waals surface area contributed by atoms with Crippen molar-refractivity contribution in [2.24, 2.45) is 0 Å². The van der Waals surface area contributed by atoms with Gasteiger partial charge in [0.25, 0.3) is 5.91 Å². The van der Waals surface area contributed by atoms with E-state index in [0.29, 0.717) is 29.7 Å². The zero-order chi connectivity index (χ0) is 21.8. The highest BCUT2D eigenvalue weighted by molar-refractivity contribution is 5.97. The molecule has 0 aliphatic carbocycles. The number of aryl methyl sites for hydroxylation is 1. The van der Waals surface area contributed by atoms with Crippen LogP contribution in [-0.2, 0) is 6.54 Å². The van der Waals surface area contributed by atoms with Crippen molar-refractivity contribution in [3.63, 3.8) is 0 Å². The first kappa shape index (κ1) is 21.3. The number of aromatic amines is 1. The fourth-order valence-electron chi connectivity index (χ4n) is 3.45. The second kappa shape index (κ2) is 8.96. The van der Waals surface area contributed by atoms with Crippen molar-refractivity contribution >= 4 is 16.9 Å². The number of benzene rings is 2. The van der Waals surface area contributed by atoms with Crippen LogP contribution in [0.25, 0.3) is 11.0 Å². The lowest BCUT2D eigenvalue weighted by atomic mass is 10.1. The van der Waals surface area contributed by atoms with Crippen LogP contribution >= 0.6 is 0 Å². The molecule has 3 rings (SSSR count). The smallest absolute Gasteiger partial charge is 0.316 e. The van der Waals surface area contributed by atoms with E-state index in [0.717, 1.165) is 11.3 Å². The van der Waals surface area contributed by atoms with E-state index < -0.39 is 11.1 Å². The fraction of sp³-hybridized carbons (Fsp3) is 0.318. The molecular weight excluding hydrogens is 384 g/mol. The van der Waals surface area contributed by atoms with Gasteiger partial charge in [0, 0.05) is 18.7 Å². The number of likely N-dealkylation sites (N-methyl/N-ethyl adjacent to an activating group) is 1. The van der Waals surface area contributed by atoms with Crippen LogP contribution in [0.3, 0.4) is 0 Å². The van der Waals surface area contributed by atoms with E-state index in [9.17, 15) is 14.4 Å². The van der Waals surface area contributed by atoms with Gasteiger partial charge in [-0.15, -0.1) is 0 Å². The molecular formula is C22H26N4O4. The highest BCUT2D eigenvalue weighted by Gasteiger charge is 2.17. The van der Waals surface area contributed by atoms with Crippen molar-refractivity contribution < 1.29 is 9.53 Å². The molecule has 1 heterocycles. The molecule has 0 saturated heterocycles. The summed E-state index contributed by atoms with van der Waals surface area (Å²) in [5.74, 6) is 0.517. The number of nitrogens with one attached hydrogen (secondary N) is 2. The molecule has 158 valence electrons. The predicted octanol–water partition coefficient (Wildman–Crippen LogP) is 1.75. The first-order chi connectivity index (χ1) is 14.3. The molecule has 8 heteroatoms. The summed E-state index contributed by atoms with van der Waals surface area (Å²) in [5, 5.41) is 2.95. The number of carbonyl (C=O) groups is 1. The number of aromatic nitrogens is 2. The molecule has 0 fully saturated rings. The third kappa shape index (κ3) is 4.28. The molecule has 30 heavy (non-hydrogen) atoms. The number of methoxy groups -OCH3 is 1. The molecule has 0 aliphatic heterocycles. The van der Waals surface area contributed by atoms with Crippen molar-refractivity contribution in [3.8, 4) is 5.75 Å². The lowest BCUT2D eigenvalue weighted by molar-refractivity contribution is 0.0942. The normalized spacial score (nSPS) is 12.2. The van der Waals surface area contributed by atoms with Gasteiger partial charge in [-0.3, -0.25) is 14.4 Å². The highest BCUT2D eigenvalue weighted by atomic mass is 16.5. The summed E-state index contributed by atoms with van der Waals surface area (Å²) in [5.41, 5.74) is 1.20. The average Bonchev–Trinajstić information content (AvgIpc) is 2.74. The summed E-state index contributed by atoms with van der Waals surface area (Å²) in [7, 11) is 5.52. The van der Waals surface area contributed by atoms with E-state index in [1.165, 1.54) is 4.57 Å². The number of hydrogen-bond acceptors (Lipinski definition) is 5. The van der Waals surface area contributed by atoms with Crippen LogP contribution in [0.5, 0.6) is 5.75 Å². The number of amides is 1. The average molecular weight is 410 g/mol. The van der Waals surface area contributed by atoms with Crippen molar-refractivity contribution in [2.75, 3.05) is 27.7 Å². The third-order valence-electron chi connectivity index (χ3n) is 5.13. The third-order valence-corrected chi connectivity index (χ3v) is 5.13. The number of fused-ring (bicyclic) bond motifs is 1. The second-order valence-electron chi connectivity index (χ2n) is 7.20. The molecule has 2 N–H and O–H groups in total. The first-order valence-corrected chi connectivity index (χ1v) is 9.71. The number of hydrogen-bond donors (Lipinski definition) is 2. The topological polar surface area (TPSA) is 96.4 Å². The molecule has 8 nitrogen and oxygen atoms in total. The molecule has 0 bridgehead atoms. The van der Waals surface area contributed by atoms with Crippen LogP contribution in [0.2, 0.25) is 0 Å². The SMILES string of the molecule is CCn1c(=O)c(=O)[nH]c2cc(C(=O)NCC(c3ccc(OC)cc3)N(C)C)ccc21. The largest absolute Gasteiger partial charge is 0.497 e. The zero-order valence-corrected chi connectivity index (χ0v) is 17.6. The molecule has 1 aromatic heterocycles. The van der Waals surface area contributed by atoms with Gasteiger partial charge in [-0.1, -0.05) is 12.1 Å². The Hall–Kier alpha value is -3.39. The molecule has 0 radical (unpaired) electrons. The van der Waals surface area contributed by atoms with Gasteiger partial charge < -0.3 is 24.5 Å². The summed E-state index contributed by atoms with van der Waals surface area (Å²) >= 11 is 0. The van der Waals surface area contributed by atoms with Crippen molar-refractivity contribution in [2.45, 2.75) is 19.5 Å². The maximum Gasteiger partial charge on any atom is 0.316 e. The minimum atomic E-state index is -0.700. The summed E-state index contributed by atoms with van der Waals surface area (Å²) < 4.78 is 6.59. The van der Waals surface area contributed by atoms with Crippen LogP contribution in [0, 0.1) is 0 Å². The van der Waals surface area contributed by atoms with Gasteiger partial charge in [-0.05, 0) is 56.9 Å². The summed E-state index contributed by atoms with van der Waals surface area (Å²) in [4.78, 5) is 41.2. The summed E-state index contributed by atoms with van der Waals surface area (Å²) in [6.07, 6.45) is 0. The molecule has 1 amide bonds. The lowest BCUT2D eigenvalue weighted by Gasteiger charge is -2.25. The molecule has 2 aromatic carbocycles. The van der Waals surface area contributed by atoms with Crippen LogP contribution in [0.4, 0.5) is 0 Å². The van der Waals surface area contributed by atoms with Gasteiger partial charge in [0.05, 0.1) is 24.2 Å². The monoisotopic (exact) mass is 410 g/mol. The van der Waals surface area contributed by atoms with Crippen molar-refractivity contribution in [3.05, 3.63) is 74.3 Å². The van der Waals surface area contributed by atoms with Crippen LogP contribution in [0.15, 0.2) is 52.1 Å². The van der Waals surface area contributed by atoms with Gasteiger partial charge in [0.1, 0.15) is 5.75 Å². The predicted molar refractivity (Wildman–Crippen MR) is 116 cm³/mol. The van der Waals surface area contributed by atoms with Gasteiger partial charge in [-0.2, -0.15) is 0 Å². The molecule has 0 saturated carbocycles. The Morgan fingerprint density at radius 1 is 1.17 bits per heavy atom. The minimum Gasteiger partial charge on any atom is -0.497 e. The summed E-state index contributed by atoms with van der Waals surface area (Å²) in [6, 6.07) is 12.6. The van der Waals surface area contributed by atoms with E-state index in [2.05, 4.69) is 10.3 Å². The Labute approximate surface area is 174 Å². The minimum absolute atomic E-state index is 0.0228. The van der Waals surface area contributed by atoms with E-state index in [-0.39, 0.29) is 11.9 Å². The van der Waals surface area contributed by atoms with E-state index in [1.54, 1.807) is 32.2 Å². The standard InChI is InChI=1S/C22H26N4O4/c1-5-26-18-11-8-15(12-17(18)24-21(28)22(26)29)20(27)23-13-19(25(2)3)14-6-9-16(30-4)10-7-14/h6-12,19H,5,13H2,1-4H3,(H,23,27)(H,24,28). The Bertz CT molecular complexity index is 1160. The fourth-order valence-corrected chi connectivity index (χ4v) is 3.45. The van der Waals surface area contributed by atoms with Gasteiger partial charge in [0.15, 0.2) is 0 Å². The maximum absolute atomic E-state index is 12.7. The lowest BCUT2D eigenvalue weighted by Crippen LogP contribution is -2.36. The van der Waals surface area contributed by atoms with Gasteiger partial charge in [0.2, 0.25) is 0 Å². The number of ether oxygens (including phenoxy) is 1. The first-order valence-electron chi connectivity index (χ1n) is 9.71. The van der Waals surface area contributed by atoms with E-state index in [4.69, 9.17) is 4.74 Å². The number of carbonyl (C=O) groups excluding carboxylic acids is 1. The molecule has 0 aliphatic rings. The van der Waals surface area contributed by atoms with E-state index in [1.807, 2.05) is 43.3 Å². The Morgan fingerprint density at radius 3 is 2.47 bits per heavy atom. The van der Waals surface area contributed by atoms with E-state index >= 15 is 0 Å². The quantitative estimate of drug-likeness (QED) is 0.579. The number of H-pyrrole nitrogens is 1. The van der Waals surface area contributed by atoms with Crippen LogP contribution in [-0.4, -0.2) is 48.1 Å². The number of nitrogens with zero attached hydrogens (tertiary/aromatic N) is 2. The van der Waals surface area contributed by atoms with Crippen LogP contribution < -0.4 is 21.2 Å². The summed E-state index contributed by atoms with van der Waals surface area (Å²) in [6.45, 7) is 2.57.